The van der Waals surface area contributed by atoms with Gasteiger partial charge in [-0.15, -0.1) is 0 Å². The van der Waals surface area contributed by atoms with Crippen molar-refractivity contribution in [3.05, 3.63) is 54.1 Å². The third-order valence-electron chi connectivity index (χ3n) is 5.73. The van der Waals surface area contributed by atoms with Crippen molar-refractivity contribution < 1.29 is 28.7 Å². The number of fused-ring (bicyclic) bond motifs is 1. The minimum atomic E-state index is -0.632. The Morgan fingerprint density at radius 3 is 2.51 bits per heavy atom. The molecule has 0 saturated heterocycles. The van der Waals surface area contributed by atoms with Crippen LogP contribution in [0.4, 0.5) is 11.4 Å². The summed E-state index contributed by atoms with van der Waals surface area (Å²) in [5.74, 6) is -0.739. The number of hydrogen-bond acceptors (Lipinski definition) is 6. The summed E-state index contributed by atoms with van der Waals surface area (Å²) in [4.78, 5) is 51.0. The monoisotopic (exact) mass is 480 g/mol. The fourth-order valence-electron chi connectivity index (χ4n) is 3.89. The summed E-state index contributed by atoms with van der Waals surface area (Å²) < 4.78 is 10.8. The standard InChI is InChI=1S/C27H32N2O6/c1-3-4-7-16-34-21-12-10-20(11-13-21)24(30)14-15-27(33)35-18-26(32)29-19(2)17-25(31)28-22-8-5-6-9-23(22)29/h5-6,8-13,19H,3-4,7,14-18H2,1-2H3,(H,28,31). The average Bonchev–Trinajstić information content (AvgIpc) is 2.98. The number of esters is 1. The van der Waals surface area contributed by atoms with Crippen molar-refractivity contribution in [3.8, 4) is 5.75 Å². The van der Waals surface area contributed by atoms with Crippen LogP contribution in [-0.4, -0.2) is 42.8 Å². The van der Waals surface area contributed by atoms with E-state index < -0.39 is 24.5 Å². The Balaban J connectivity index is 1.47. The second-order valence-corrected chi connectivity index (χ2v) is 8.55. The summed E-state index contributed by atoms with van der Waals surface area (Å²) in [7, 11) is 0. The van der Waals surface area contributed by atoms with Gasteiger partial charge in [0, 0.05) is 24.4 Å². The second-order valence-electron chi connectivity index (χ2n) is 8.55. The second kappa shape index (κ2) is 12.7. The minimum Gasteiger partial charge on any atom is -0.494 e. The molecule has 1 N–H and O–H groups in total. The van der Waals surface area contributed by atoms with Crippen LogP contribution < -0.4 is 15.0 Å². The lowest BCUT2D eigenvalue weighted by Gasteiger charge is -2.27. The van der Waals surface area contributed by atoms with Gasteiger partial charge in [-0.05, 0) is 49.7 Å². The average molecular weight is 481 g/mol. The van der Waals surface area contributed by atoms with Crippen molar-refractivity contribution in [2.45, 2.75) is 58.4 Å². The Kier molecular flexibility index (Phi) is 9.40. The zero-order valence-corrected chi connectivity index (χ0v) is 20.2. The van der Waals surface area contributed by atoms with E-state index in [1.165, 1.54) is 4.90 Å². The molecule has 0 bridgehead atoms. The molecule has 8 heteroatoms. The van der Waals surface area contributed by atoms with Gasteiger partial charge in [0.1, 0.15) is 5.75 Å². The number of nitrogens with one attached hydrogen (secondary N) is 1. The maximum atomic E-state index is 12.9. The molecule has 186 valence electrons. The fraction of sp³-hybridized carbons (Fsp3) is 0.407. The number of ether oxygens (including phenoxy) is 2. The highest BCUT2D eigenvalue weighted by molar-refractivity contribution is 6.05. The summed E-state index contributed by atoms with van der Waals surface area (Å²) in [6, 6.07) is 13.4. The predicted octanol–water partition coefficient (Wildman–Crippen LogP) is 4.53. The number of ketones is 1. The fourth-order valence-corrected chi connectivity index (χ4v) is 3.89. The molecule has 2 aromatic rings. The molecule has 1 unspecified atom stereocenters. The Bertz CT molecular complexity index is 1050. The van der Waals surface area contributed by atoms with E-state index in [-0.39, 0.29) is 31.0 Å². The molecule has 2 aromatic carbocycles. The maximum absolute atomic E-state index is 12.9. The molecule has 0 saturated carbocycles. The first-order chi connectivity index (χ1) is 16.9. The molecule has 3 rings (SSSR count). The van der Waals surface area contributed by atoms with Gasteiger partial charge in [0.15, 0.2) is 12.4 Å². The summed E-state index contributed by atoms with van der Waals surface area (Å²) in [5.41, 5.74) is 1.58. The molecular formula is C27H32N2O6. The third kappa shape index (κ3) is 7.40. The van der Waals surface area contributed by atoms with Crippen molar-refractivity contribution in [2.24, 2.45) is 0 Å². The number of amides is 2. The number of benzene rings is 2. The Labute approximate surface area is 205 Å². The largest absolute Gasteiger partial charge is 0.494 e. The number of anilines is 2. The number of carbonyl (C=O) groups is 4. The van der Waals surface area contributed by atoms with Crippen LogP contribution >= 0.6 is 0 Å². The van der Waals surface area contributed by atoms with E-state index in [0.717, 1.165) is 19.3 Å². The number of para-hydroxylation sites is 2. The quantitative estimate of drug-likeness (QED) is 0.288. The number of unbranched alkanes of at least 4 members (excludes halogenated alkanes) is 2. The van der Waals surface area contributed by atoms with Gasteiger partial charge in [0.2, 0.25) is 5.91 Å². The third-order valence-corrected chi connectivity index (χ3v) is 5.73. The number of carbonyl (C=O) groups excluding carboxylic acids is 4. The van der Waals surface area contributed by atoms with Crippen LogP contribution in [-0.2, 0) is 19.1 Å². The van der Waals surface area contributed by atoms with Gasteiger partial charge in [-0.2, -0.15) is 0 Å². The van der Waals surface area contributed by atoms with Crippen LogP contribution in [0, 0.1) is 0 Å². The van der Waals surface area contributed by atoms with Gasteiger partial charge in [0.05, 0.1) is 24.4 Å². The van der Waals surface area contributed by atoms with Crippen LogP contribution in [0.25, 0.3) is 0 Å². The van der Waals surface area contributed by atoms with E-state index >= 15 is 0 Å². The summed E-state index contributed by atoms with van der Waals surface area (Å²) in [6.45, 7) is 4.07. The molecule has 0 aliphatic carbocycles. The predicted molar refractivity (Wildman–Crippen MR) is 133 cm³/mol. The van der Waals surface area contributed by atoms with E-state index in [4.69, 9.17) is 9.47 Å². The van der Waals surface area contributed by atoms with Gasteiger partial charge in [-0.1, -0.05) is 31.9 Å². The van der Waals surface area contributed by atoms with Gasteiger partial charge >= 0.3 is 5.97 Å². The lowest BCUT2D eigenvalue weighted by molar-refractivity contribution is -0.147. The molecule has 0 aromatic heterocycles. The van der Waals surface area contributed by atoms with E-state index in [1.54, 1.807) is 55.5 Å². The topological polar surface area (TPSA) is 102 Å². The van der Waals surface area contributed by atoms with Crippen molar-refractivity contribution in [1.29, 1.82) is 0 Å². The number of hydrogen-bond donors (Lipinski definition) is 1. The molecule has 35 heavy (non-hydrogen) atoms. The van der Waals surface area contributed by atoms with Crippen LogP contribution in [0.15, 0.2) is 48.5 Å². The number of rotatable bonds is 11. The Hall–Kier alpha value is -3.68. The van der Waals surface area contributed by atoms with Crippen molar-refractivity contribution in [2.75, 3.05) is 23.4 Å². The van der Waals surface area contributed by atoms with Gasteiger partial charge in [-0.3, -0.25) is 19.2 Å². The van der Waals surface area contributed by atoms with E-state index in [9.17, 15) is 19.2 Å². The van der Waals surface area contributed by atoms with Crippen LogP contribution in [0.1, 0.15) is 62.7 Å². The van der Waals surface area contributed by atoms with Crippen molar-refractivity contribution in [3.63, 3.8) is 0 Å². The Morgan fingerprint density at radius 1 is 1.03 bits per heavy atom. The molecule has 1 heterocycles. The van der Waals surface area contributed by atoms with E-state index in [2.05, 4.69) is 12.2 Å². The summed E-state index contributed by atoms with van der Waals surface area (Å²) in [6.07, 6.45) is 3.20. The minimum absolute atomic E-state index is 0.0227. The highest BCUT2D eigenvalue weighted by atomic mass is 16.5. The normalized spacial score (nSPS) is 15.0. The highest BCUT2D eigenvalue weighted by Gasteiger charge is 2.30. The van der Waals surface area contributed by atoms with E-state index in [1.807, 2.05) is 0 Å². The first-order valence-corrected chi connectivity index (χ1v) is 12.0. The van der Waals surface area contributed by atoms with Crippen LogP contribution in [0.3, 0.4) is 0 Å². The number of Topliss-reactive ketones (excluding diaryl/α,β-unsaturated/α-hetero) is 1. The maximum Gasteiger partial charge on any atom is 0.306 e. The van der Waals surface area contributed by atoms with Gasteiger partial charge in [-0.25, -0.2) is 0 Å². The molecule has 2 amide bonds. The number of nitrogens with zero attached hydrogens (tertiary/aromatic N) is 1. The molecule has 0 fully saturated rings. The van der Waals surface area contributed by atoms with Gasteiger partial charge < -0.3 is 19.7 Å². The Morgan fingerprint density at radius 2 is 1.77 bits per heavy atom. The van der Waals surface area contributed by atoms with Crippen LogP contribution in [0.2, 0.25) is 0 Å². The molecule has 1 aliphatic rings. The highest BCUT2D eigenvalue weighted by Crippen LogP contribution is 2.31. The lowest BCUT2D eigenvalue weighted by atomic mass is 10.1. The SMILES string of the molecule is CCCCCOc1ccc(C(=O)CCC(=O)OCC(=O)N2c3ccccc3NC(=O)CC2C)cc1. The van der Waals surface area contributed by atoms with Gasteiger partial charge in [0.25, 0.3) is 5.91 Å². The molecular weight excluding hydrogens is 448 g/mol. The lowest BCUT2D eigenvalue weighted by Crippen LogP contribution is -2.41. The van der Waals surface area contributed by atoms with Crippen molar-refractivity contribution in [1.82, 2.24) is 0 Å². The summed E-state index contributed by atoms with van der Waals surface area (Å²) >= 11 is 0. The van der Waals surface area contributed by atoms with E-state index in [0.29, 0.717) is 29.3 Å². The van der Waals surface area contributed by atoms with Crippen LogP contribution in [0.5, 0.6) is 5.75 Å². The first kappa shape index (κ1) is 25.9. The summed E-state index contributed by atoms with van der Waals surface area (Å²) in [5, 5.41) is 2.78. The molecule has 1 aliphatic heterocycles. The smallest absolute Gasteiger partial charge is 0.306 e. The molecule has 0 spiro atoms. The molecule has 0 radical (unpaired) electrons. The zero-order valence-electron chi connectivity index (χ0n) is 20.2. The molecule has 1 atom stereocenters. The zero-order chi connectivity index (χ0) is 25.2. The van der Waals surface area contributed by atoms with Crippen molar-refractivity contribution >= 4 is 34.9 Å². The first-order valence-electron chi connectivity index (χ1n) is 12.0. The molecule has 8 nitrogen and oxygen atoms in total.